The minimum absolute atomic E-state index is 0.260. The monoisotopic (exact) mass is 323 g/mol. The van der Waals surface area contributed by atoms with Crippen molar-refractivity contribution in [1.29, 1.82) is 5.41 Å². The van der Waals surface area contributed by atoms with Crippen molar-refractivity contribution in [1.82, 2.24) is 14.6 Å². The number of fused-ring (bicyclic) bond motifs is 2. The van der Waals surface area contributed by atoms with Crippen LogP contribution in [0.1, 0.15) is 12.6 Å². The van der Waals surface area contributed by atoms with E-state index in [1.165, 1.54) is 12.4 Å². The molecule has 7 nitrogen and oxygen atoms in total. The van der Waals surface area contributed by atoms with Gasteiger partial charge < -0.3 is 20.6 Å². The molecule has 24 heavy (non-hydrogen) atoms. The minimum Gasteiger partial charge on any atom is -0.454 e. The van der Waals surface area contributed by atoms with Gasteiger partial charge in [-0.15, -0.1) is 0 Å². The van der Waals surface area contributed by atoms with Crippen molar-refractivity contribution in [3.05, 3.63) is 48.4 Å². The van der Waals surface area contributed by atoms with Gasteiger partial charge in [-0.2, -0.15) is 5.10 Å². The third kappa shape index (κ3) is 2.91. The molecule has 2 aromatic heterocycles. The van der Waals surface area contributed by atoms with E-state index in [0.717, 1.165) is 34.1 Å². The predicted molar refractivity (Wildman–Crippen MR) is 92.2 cm³/mol. The van der Waals surface area contributed by atoms with Crippen molar-refractivity contribution in [2.45, 2.75) is 6.92 Å². The van der Waals surface area contributed by atoms with E-state index in [-0.39, 0.29) is 6.79 Å². The molecule has 0 atom stereocenters. The topological polar surface area (TPSA) is 98.5 Å². The Kier molecular flexibility index (Phi) is 4.42. The summed E-state index contributed by atoms with van der Waals surface area (Å²) in [5, 5.41) is 10.6. The van der Waals surface area contributed by atoms with Gasteiger partial charge in [-0.05, 0) is 55.7 Å². The Balaban J connectivity index is 0.000000526. The van der Waals surface area contributed by atoms with Crippen LogP contribution in [0.4, 0.5) is 0 Å². The molecular weight excluding hydrogens is 306 g/mol. The van der Waals surface area contributed by atoms with Crippen molar-refractivity contribution in [3.8, 4) is 22.8 Å². The average molecular weight is 323 g/mol. The number of nitrogens with one attached hydrogen (secondary N) is 1. The van der Waals surface area contributed by atoms with E-state index >= 15 is 0 Å². The zero-order valence-electron chi connectivity index (χ0n) is 13.1. The first-order valence-corrected chi connectivity index (χ1v) is 7.35. The summed E-state index contributed by atoms with van der Waals surface area (Å²) in [6.07, 6.45) is 6.24. The van der Waals surface area contributed by atoms with Crippen LogP contribution in [-0.4, -0.2) is 27.6 Å². The number of imidazole rings is 1. The van der Waals surface area contributed by atoms with Gasteiger partial charge >= 0.3 is 0 Å². The SMILES string of the molecule is CC=N.N/C=C/c1ccc2ncc(-c3ccc4c(c3)OCO4)n2n1. The molecule has 0 fully saturated rings. The zero-order valence-corrected chi connectivity index (χ0v) is 13.1. The number of hydrogen-bond acceptors (Lipinski definition) is 6. The van der Waals surface area contributed by atoms with E-state index in [2.05, 4.69) is 10.1 Å². The summed E-state index contributed by atoms with van der Waals surface area (Å²) in [5.41, 5.74) is 8.81. The fourth-order valence-electron chi connectivity index (χ4n) is 2.33. The molecule has 1 aromatic carbocycles. The van der Waals surface area contributed by atoms with Gasteiger partial charge in [-0.3, -0.25) is 0 Å². The molecule has 4 rings (SSSR count). The summed E-state index contributed by atoms with van der Waals surface area (Å²) in [5.74, 6) is 1.49. The van der Waals surface area contributed by atoms with Crippen molar-refractivity contribution < 1.29 is 9.47 Å². The largest absolute Gasteiger partial charge is 0.454 e. The van der Waals surface area contributed by atoms with Crippen LogP contribution in [0, 0.1) is 5.41 Å². The highest BCUT2D eigenvalue weighted by Gasteiger charge is 2.15. The zero-order chi connectivity index (χ0) is 16.9. The molecule has 3 N–H and O–H groups in total. The van der Waals surface area contributed by atoms with Crippen LogP contribution < -0.4 is 15.2 Å². The molecule has 0 saturated carbocycles. The highest BCUT2D eigenvalue weighted by molar-refractivity contribution is 5.67. The fourth-order valence-corrected chi connectivity index (χ4v) is 2.33. The number of rotatable bonds is 2. The lowest BCUT2D eigenvalue weighted by Crippen LogP contribution is -1.96. The van der Waals surface area contributed by atoms with Crippen LogP contribution in [0.15, 0.2) is 42.7 Å². The molecule has 0 spiro atoms. The second kappa shape index (κ2) is 6.82. The van der Waals surface area contributed by atoms with Crippen LogP contribution in [0.25, 0.3) is 23.0 Å². The normalized spacial score (nSPS) is 12.2. The number of ether oxygens (including phenoxy) is 2. The molecule has 0 saturated heterocycles. The van der Waals surface area contributed by atoms with Gasteiger partial charge in [-0.25, -0.2) is 9.50 Å². The highest BCUT2D eigenvalue weighted by atomic mass is 16.7. The standard InChI is InChI=1S/C15H12N4O2.C2H5N/c16-6-5-11-2-4-15-17-8-12(19(15)18-11)10-1-3-13-14(7-10)21-9-20-13;1-2-3/h1-8H,9,16H2;2-3H,1H3/b6-5+;. The molecule has 7 heteroatoms. The van der Waals surface area contributed by atoms with Crippen LogP contribution in [0.5, 0.6) is 11.5 Å². The van der Waals surface area contributed by atoms with Crippen molar-refractivity contribution in [3.63, 3.8) is 0 Å². The Morgan fingerprint density at radius 2 is 2.00 bits per heavy atom. The second-order valence-corrected chi connectivity index (χ2v) is 4.89. The summed E-state index contributed by atoms with van der Waals surface area (Å²) >= 11 is 0. The Hall–Kier alpha value is -3.35. The molecular formula is C17H17N5O2. The van der Waals surface area contributed by atoms with Gasteiger partial charge in [0.05, 0.1) is 17.6 Å². The van der Waals surface area contributed by atoms with Crippen LogP contribution in [-0.2, 0) is 0 Å². The third-order valence-corrected chi connectivity index (χ3v) is 3.32. The van der Waals surface area contributed by atoms with E-state index in [1.54, 1.807) is 23.7 Å². The summed E-state index contributed by atoms with van der Waals surface area (Å²) in [6.45, 7) is 1.93. The van der Waals surface area contributed by atoms with Gasteiger partial charge in [0.15, 0.2) is 17.1 Å². The quantitative estimate of drug-likeness (QED) is 0.707. The molecule has 0 bridgehead atoms. The summed E-state index contributed by atoms with van der Waals surface area (Å²) in [4.78, 5) is 4.36. The second-order valence-electron chi connectivity index (χ2n) is 4.89. The maximum atomic E-state index is 6.08. The van der Waals surface area contributed by atoms with E-state index in [0.29, 0.717) is 0 Å². The van der Waals surface area contributed by atoms with E-state index in [4.69, 9.17) is 20.6 Å². The predicted octanol–water partition coefficient (Wildman–Crippen LogP) is 2.71. The van der Waals surface area contributed by atoms with E-state index in [9.17, 15) is 0 Å². The molecule has 3 heterocycles. The van der Waals surface area contributed by atoms with Crippen molar-refractivity contribution in [2.75, 3.05) is 6.79 Å². The highest BCUT2D eigenvalue weighted by Crippen LogP contribution is 2.35. The Morgan fingerprint density at radius 1 is 1.21 bits per heavy atom. The van der Waals surface area contributed by atoms with Gasteiger partial charge in [0.1, 0.15) is 0 Å². The molecule has 0 aliphatic carbocycles. The average Bonchev–Trinajstić information content (AvgIpc) is 3.21. The summed E-state index contributed by atoms with van der Waals surface area (Å²) in [7, 11) is 0. The summed E-state index contributed by atoms with van der Waals surface area (Å²) < 4.78 is 12.5. The molecule has 122 valence electrons. The maximum absolute atomic E-state index is 6.08. The number of benzene rings is 1. The Labute approximate surface area is 138 Å². The number of nitrogens with two attached hydrogens (primary N) is 1. The van der Waals surface area contributed by atoms with Gasteiger partial charge in [0, 0.05) is 5.56 Å². The smallest absolute Gasteiger partial charge is 0.231 e. The van der Waals surface area contributed by atoms with Crippen LogP contribution in [0.2, 0.25) is 0 Å². The van der Waals surface area contributed by atoms with E-state index < -0.39 is 0 Å². The summed E-state index contributed by atoms with van der Waals surface area (Å²) in [6, 6.07) is 9.55. The first-order chi connectivity index (χ1) is 11.8. The lowest BCUT2D eigenvalue weighted by molar-refractivity contribution is 0.174. The first kappa shape index (κ1) is 15.5. The molecule has 1 aliphatic heterocycles. The number of nitrogens with zero attached hydrogens (tertiary/aromatic N) is 3. The van der Waals surface area contributed by atoms with Gasteiger partial charge in [-0.1, -0.05) is 0 Å². The number of aromatic nitrogens is 3. The van der Waals surface area contributed by atoms with Gasteiger partial charge in [0.25, 0.3) is 0 Å². The number of hydrogen-bond donors (Lipinski definition) is 2. The Bertz CT molecular complexity index is 901. The molecule has 1 aliphatic rings. The molecule has 0 amide bonds. The van der Waals surface area contributed by atoms with Crippen LogP contribution >= 0.6 is 0 Å². The first-order valence-electron chi connectivity index (χ1n) is 7.35. The van der Waals surface area contributed by atoms with Gasteiger partial charge in [0.2, 0.25) is 6.79 Å². The third-order valence-electron chi connectivity index (χ3n) is 3.32. The maximum Gasteiger partial charge on any atom is 0.231 e. The van der Waals surface area contributed by atoms with Crippen molar-refractivity contribution >= 4 is 17.9 Å². The van der Waals surface area contributed by atoms with Crippen LogP contribution in [0.3, 0.4) is 0 Å². The molecule has 0 unspecified atom stereocenters. The van der Waals surface area contributed by atoms with E-state index in [1.807, 2.05) is 30.3 Å². The molecule has 0 radical (unpaired) electrons. The Morgan fingerprint density at radius 3 is 2.79 bits per heavy atom. The lowest BCUT2D eigenvalue weighted by Gasteiger charge is -2.03. The minimum atomic E-state index is 0.260. The fraction of sp³-hybridized carbons (Fsp3) is 0.118. The van der Waals surface area contributed by atoms with Crippen molar-refractivity contribution in [2.24, 2.45) is 5.73 Å². The molecule has 3 aromatic rings. The lowest BCUT2D eigenvalue weighted by atomic mass is 10.1.